The fourth-order valence-corrected chi connectivity index (χ4v) is 2.04. The molecule has 0 aliphatic heterocycles. The summed E-state index contributed by atoms with van der Waals surface area (Å²) in [6, 6.07) is 7.73. The second-order valence-electron chi connectivity index (χ2n) is 4.08. The first-order valence-electron chi connectivity index (χ1n) is 6.09. The molecule has 0 aliphatic carbocycles. The lowest BCUT2D eigenvalue weighted by Crippen LogP contribution is -2.12. The van der Waals surface area contributed by atoms with Gasteiger partial charge in [-0.25, -0.2) is 9.97 Å². The summed E-state index contributed by atoms with van der Waals surface area (Å²) in [5.41, 5.74) is 0.719. The van der Waals surface area contributed by atoms with Gasteiger partial charge in [0.15, 0.2) is 5.65 Å². The fourth-order valence-electron chi connectivity index (χ4n) is 1.77. The van der Waals surface area contributed by atoms with Crippen molar-refractivity contribution in [2.24, 2.45) is 0 Å². The second kappa shape index (κ2) is 5.87. The number of hydrogen-bond acceptors (Lipinski definition) is 5. The summed E-state index contributed by atoms with van der Waals surface area (Å²) in [5, 5.41) is 10.8. The molecule has 0 aliphatic rings. The minimum atomic E-state index is 0.547. The number of hydrogen-bond donors (Lipinski definition) is 2. The molecule has 20 heavy (non-hydrogen) atoms. The molecule has 1 aromatic carbocycles. The monoisotopic (exact) mass is 333 g/mol. The highest BCUT2D eigenvalue weighted by atomic mass is 79.9. The Kier molecular flexibility index (Phi) is 3.78. The van der Waals surface area contributed by atoms with Crippen molar-refractivity contribution in [1.82, 2.24) is 20.2 Å². The molecule has 0 fully saturated rings. The summed E-state index contributed by atoms with van der Waals surface area (Å²) in [7, 11) is 0. The number of nitrogens with one attached hydrogen (secondary N) is 2. The van der Waals surface area contributed by atoms with E-state index in [1.54, 1.807) is 6.20 Å². The standard InChI is InChI=1S/C13H12BrN5O/c14-9-1-3-10(4-2-9)20-6-5-15-12-11-7-18-19-13(11)17-8-16-12/h1-4,7-8H,5-6H2,(H2,15,16,17,18,19). The molecule has 3 rings (SSSR count). The Hall–Kier alpha value is -2.15. The van der Waals surface area contributed by atoms with E-state index in [9.17, 15) is 0 Å². The van der Waals surface area contributed by atoms with Crippen molar-refractivity contribution in [1.29, 1.82) is 0 Å². The number of halogens is 1. The molecule has 6 nitrogen and oxygen atoms in total. The lowest BCUT2D eigenvalue weighted by Gasteiger charge is -2.08. The van der Waals surface area contributed by atoms with Crippen LogP contribution in [0.3, 0.4) is 0 Å². The number of aromatic amines is 1. The average Bonchev–Trinajstić information content (AvgIpc) is 2.94. The summed E-state index contributed by atoms with van der Waals surface area (Å²) < 4.78 is 6.66. The van der Waals surface area contributed by atoms with Crippen molar-refractivity contribution in [2.75, 3.05) is 18.5 Å². The average molecular weight is 334 g/mol. The summed E-state index contributed by atoms with van der Waals surface area (Å²) in [4.78, 5) is 8.27. The fraction of sp³-hybridized carbons (Fsp3) is 0.154. The van der Waals surface area contributed by atoms with Gasteiger partial charge in [-0.1, -0.05) is 15.9 Å². The van der Waals surface area contributed by atoms with E-state index in [1.807, 2.05) is 24.3 Å². The largest absolute Gasteiger partial charge is 0.492 e. The zero-order valence-electron chi connectivity index (χ0n) is 10.5. The van der Waals surface area contributed by atoms with Gasteiger partial charge < -0.3 is 10.1 Å². The number of anilines is 1. The molecule has 0 saturated heterocycles. The van der Waals surface area contributed by atoms with Crippen LogP contribution in [0.4, 0.5) is 5.82 Å². The number of benzene rings is 1. The SMILES string of the molecule is Brc1ccc(OCCNc2ncnc3[nH]ncc23)cc1. The van der Waals surface area contributed by atoms with E-state index in [-0.39, 0.29) is 0 Å². The summed E-state index contributed by atoms with van der Waals surface area (Å²) in [6.07, 6.45) is 3.20. The van der Waals surface area contributed by atoms with Gasteiger partial charge in [-0.05, 0) is 24.3 Å². The van der Waals surface area contributed by atoms with Crippen LogP contribution in [0.15, 0.2) is 41.3 Å². The first-order chi connectivity index (χ1) is 9.83. The van der Waals surface area contributed by atoms with Crippen LogP contribution in [0, 0.1) is 0 Å². The van der Waals surface area contributed by atoms with Gasteiger partial charge in [0.2, 0.25) is 0 Å². The van der Waals surface area contributed by atoms with Crippen LogP contribution < -0.4 is 10.1 Å². The van der Waals surface area contributed by atoms with Crippen LogP contribution >= 0.6 is 15.9 Å². The molecule has 2 aromatic heterocycles. The predicted molar refractivity (Wildman–Crippen MR) is 79.8 cm³/mol. The van der Waals surface area contributed by atoms with Crippen molar-refractivity contribution in [2.45, 2.75) is 0 Å². The molecule has 0 unspecified atom stereocenters. The van der Waals surface area contributed by atoms with Gasteiger partial charge >= 0.3 is 0 Å². The Morgan fingerprint density at radius 1 is 1.20 bits per heavy atom. The molecule has 0 bridgehead atoms. The van der Waals surface area contributed by atoms with Crippen LogP contribution in [0.5, 0.6) is 5.75 Å². The van der Waals surface area contributed by atoms with E-state index < -0.39 is 0 Å². The Bertz CT molecular complexity index is 697. The molecule has 7 heteroatoms. The normalized spacial score (nSPS) is 10.7. The zero-order valence-corrected chi connectivity index (χ0v) is 12.1. The van der Waals surface area contributed by atoms with E-state index in [4.69, 9.17) is 4.74 Å². The summed E-state index contributed by atoms with van der Waals surface area (Å²) >= 11 is 3.39. The lowest BCUT2D eigenvalue weighted by atomic mass is 10.3. The van der Waals surface area contributed by atoms with Crippen molar-refractivity contribution in [3.8, 4) is 5.75 Å². The van der Waals surface area contributed by atoms with E-state index in [2.05, 4.69) is 41.4 Å². The molecule has 0 amide bonds. The van der Waals surface area contributed by atoms with Crippen LogP contribution in [-0.4, -0.2) is 33.3 Å². The molecule has 0 radical (unpaired) electrons. The highest BCUT2D eigenvalue weighted by Gasteiger charge is 2.04. The number of rotatable bonds is 5. The molecule has 0 atom stereocenters. The highest BCUT2D eigenvalue weighted by Crippen LogP contribution is 2.17. The lowest BCUT2D eigenvalue weighted by molar-refractivity contribution is 0.333. The topological polar surface area (TPSA) is 75.7 Å². The molecule has 0 saturated carbocycles. The number of aromatic nitrogens is 4. The first kappa shape index (κ1) is 12.9. The third-order valence-corrected chi connectivity index (χ3v) is 3.25. The van der Waals surface area contributed by atoms with Crippen molar-refractivity contribution >= 4 is 32.8 Å². The molecular formula is C13H12BrN5O. The predicted octanol–water partition coefficient (Wildman–Crippen LogP) is 2.61. The minimum Gasteiger partial charge on any atom is -0.492 e. The van der Waals surface area contributed by atoms with Gasteiger partial charge in [0.05, 0.1) is 18.1 Å². The Labute approximate surface area is 123 Å². The summed E-state index contributed by atoms with van der Waals surface area (Å²) in [5.74, 6) is 1.59. The quantitative estimate of drug-likeness (QED) is 0.702. The van der Waals surface area contributed by atoms with E-state index in [1.165, 1.54) is 6.33 Å². The van der Waals surface area contributed by atoms with Crippen molar-refractivity contribution < 1.29 is 4.74 Å². The molecule has 3 aromatic rings. The van der Waals surface area contributed by atoms with Gasteiger partial charge in [-0.3, -0.25) is 5.10 Å². The van der Waals surface area contributed by atoms with Crippen LogP contribution in [0.2, 0.25) is 0 Å². The molecular weight excluding hydrogens is 322 g/mol. The van der Waals surface area contributed by atoms with Gasteiger partial charge in [-0.15, -0.1) is 0 Å². The maximum atomic E-state index is 5.63. The van der Waals surface area contributed by atoms with Crippen LogP contribution in [0.25, 0.3) is 11.0 Å². The number of nitrogens with zero attached hydrogens (tertiary/aromatic N) is 3. The van der Waals surface area contributed by atoms with Gasteiger partial charge in [0.25, 0.3) is 0 Å². The van der Waals surface area contributed by atoms with Gasteiger partial charge in [-0.2, -0.15) is 5.10 Å². The molecule has 0 spiro atoms. The maximum absolute atomic E-state index is 5.63. The number of ether oxygens (including phenoxy) is 1. The number of H-pyrrole nitrogens is 1. The summed E-state index contributed by atoms with van der Waals surface area (Å²) in [6.45, 7) is 1.19. The Morgan fingerprint density at radius 2 is 2.05 bits per heavy atom. The van der Waals surface area contributed by atoms with Crippen molar-refractivity contribution in [3.63, 3.8) is 0 Å². The molecule has 102 valence electrons. The van der Waals surface area contributed by atoms with Gasteiger partial charge in [0, 0.05) is 4.47 Å². The van der Waals surface area contributed by atoms with Crippen LogP contribution in [-0.2, 0) is 0 Å². The molecule has 2 heterocycles. The highest BCUT2D eigenvalue weighted by molar-refractivity contribution is 9.10. The smallest absolute Gasteiger partial charge is 0.160 e. The molecule has 2 N–H and O–H groups in total. The van der Waals surface area contributed by atoms with Gasteiger partial charge in [0.1, 0.15) is 24.5 Å². The zero-order chi connectivity index (χ0) is 13.8. The third kappa shape index (κ3) is 2.88. The Balaban J connectivity index is 1.55. The van der Waals surface area contributed by atoms with Crippen LogP contribution in [0.1, 0.15) is 0 Å². The third-order valence-electron chi connectivity index (χ3n) is 2.72. The Morgan fingerprint density at radius 3 is 2.90 bits per heavy atom. The number of fused-ring (bicyclic) bond motifs is 1. The van der Waals surface area contributed by atoms with E-state index in [0.29, 0.717) is 13.2 Å². The van der Waals surface area contributed by atoms with E-state index in [0.717, 1.165) is 27.1 Å². The minimum absolute atomic E-state index is 0.547. The van der Waals surface area contributed by atoms with E-state index >= 15 is 0 Å². The second-order valence-corrected chi connectivity index (χ2v) is 5.00. The van der Waals surface area contributed by atoms with Crippen molar-refractivity contribution in [3.05, 3.63) is 41.3 Å². The first-order valence-corrected chi connectivity index (χ1v) is 6.88. The maximum Gasteiger partial charge on any atom is 0.160 e.